The Hall–Kier alpha value is 0.130. The molecule has 2 aromatic rings. The van der Waals surface area contributed by atoms with Crippen molar-refractivity contribution in [3.8, 4) is 0 Å². The van der Waals surface area contributed by atoms with Gasteiger partial charge in [-0.25, -0.2) is 0 Å². The standard InChI is InChI=1S/C12H10Br2ClNS/c1-6-4-7(2-3-8(6)13)11(16)10-5-9(14)12(15)17-10/h2-5,11H,16H2,1H3. The third-order valence-electron chi connectivity index (χ3n) is 2.51. The van der Waals surface area contributed by atoms with Crippen LogP contribution in [0.4, 0.5) is 0 Å². The maximum atomic E-state index is 6.23. The average molecular weight is 396 g/mol. The molecule has 0 aliphatic rings. The molecule has 0 amide bonds. The van der Waals surface area contributed by atoms with Crippen LogP contribution in [0.2, 0.25) is 4.34 Å². The SMILES string of the molecule is Cc1cc(C(N)c2cc(Br)c(Cl)s2)ccc1Br. The summed E-state index contributed by atoms with van der Waals surface area (Å²) in [5, 5.41) is 0. The van der Waals surface area contributed by atoms with E-state index in [9.17, 15) is 0 Å². The Bertz CT molecular complexity index is 534. The predicted molar refractivity (Wildman–Crippen MR) is 81.9 cm³/mol. The zero-order valence-corrected chi connectivity index (χ0v) is 13.8. The molecule has 0 saturated heterocycles. The predicted octanol–water partition coefficient (Wildman–Crippen LogP) is 5.28. The highest BCUT2D eigenvalue weighted by molar-refractivity contribution is 9.10. The monoisotopic (exact) mass is 393 g/mol. The summed E-state index contributed by atoms with van der Waals surface area (Å²) >= 11 is 14.4. The molecule has 1 nitrogen and oxygen atoms in total. The Labute approximate surface area is 126 Å². The van der Waals surface area contributed by atoms with Crippen LogP contribution in [0.15, 0.2) is 33.2 Å². The van der Waals surface area contributed by atoms with Gasteiger partial charge in [0, 0.05) is 13.8 Å². The molecule has 0 fully saturated rings. The third kappa shape index (κ3) is 2.93. The second kappa shape index (κ2) is 5.41. The van der Waals surface area contributed by atoms with Crippen LogP contribution < -0.4 is 5.73 Å². The summed E-state index contributed by atoms with van der Waals surface area (Å²) in [6.07, 6.45) is 0. The molecule has 1 heterocycles. The summed E-state index contributed by atoms with van der Waals surface area (Å²) in [5.74, 6) is 0. The van der Waals surface area contributed by atoms with Crippen LogP contribution in [0, 0.1) is 6.92 Å². The lowest BCUT2D eigenvalue weighted by Crippen LogP contribution is -2.10. The summed E-state index contributed by atoms with van der Waals surface area (Å²) < 4.78 is 2.74. The number of thiophene rings is 1. The minimum atomic E-state index is -0.129. The summed E-state index contributed by atoms with van der Waals surface area (Å²) in [5.41, 5.74) is 8.51. The lowest BCUT2D eigenvalue weighted by atomic mass is 10.0. The molecule has 1 unspecified atom stereocenters. The van der Waals surface area contributed by atoms with E-state index in [2.05, 4.69) is 44.8 Å². The molecule has 17 heavy (non-hydrogen) atoms. The van der Waals surface area contributed by atoms with Crippen LogP contribution in [0.25, 0.3) is 0 Å². The van der Waals surface area contributed by atoms with E-state index in [0.717, 1.165) is 23.7 Å². The number of nitrogens with two attached hydrogens (primary N) is 1. The maximum absolute atomic E-state index is 6.23. The highest BCUT2D eigenvalue weighted by Gasteiger charge is 2.14. The fraction of sp³-hybridized carbons (Fsp3) is 0.167. The largest absolute Gasteiger partial charge is 0.320 e. The fourth-order valence-corrected chi connectivity index (χ4v) is 3.55. The molecule has 90 valence electrons. The van der Waals surface area contributed by atoms with Gasteiger partial charge in [0.05, 0.1) is 6.04 Å². The quantitative estimate of drug-likeness (QED) is 0.735. The lowest BCUT2D eigenvalue weighted by molar-refractivity contribution is 0.890. The Balaban J connectivity index is 2.36. The minimum absolute atomic E-state index is 0.129. The van der Waals surface area contributed by atoms with Crippen molar-refractivity contribution >= 4 is 54.8 Å². The van der Waals surface area contributed by atoms with E-state index in [0.29, 0.717) is 0 Å². The van der Waals surface area contributed by atoms with Crippen LogP contribution in [-0.2, 0) is 0 Å². The van der Waals surface area contributed by atoms with Gasteiger partial charge in [-0.05, 0) is 46.1 Å². The number of rotatable bonds is 2. The van der Waals surface area contributed by atoms with Gasteiger partial charge in [0.25, 0.3) is 0 Å². The first-order valence-corrected chi connectivity index (χ1v) is 7.73. The normalized spacial score (nSPS) is 12.8. The molecule has 1 atom stereocenters. The minimum Gasteiger partial charge on any atom is -0.320 e. The van der Waals surface area contributed by atoms with Crippen molar-refractivity contribution in [1.82, 2.24) is 0 Å². The van der Waals surface area contributed by atoms with E-state index in [4.69, 9.17) is 17.3 Å². The maximum Gasteiger partial charge on any atom is 0.107 e. The Morgan fingerprint density at radius 3 is 2.47 bits per heavy atom. The van der Waals surface area contributed by atoms with Crippen LogP contribution in [0.5, 0.6) is 0 Å². The molecule has 1 aromatic carbocycles. The van der Waals surface area contributed by atoms with E-state index in [1.807, 2.05) is 18.2 Å². The Kier molecular flexibility index (Phi) is 4.31. The second-order valence-electron chi connectivity index (χ2n) is 3.76. The van der Waals surface area contributed by atoms with E-state index >= 15 is 0 Å². The number of benzene rings is 1. The highest BCUT2D eigenvalue weighted by atomic mass is 79.9. The molecule has 2 rings (SSSR count). The van der Waals surface area contributed by atoms with E-state index in [-0.39, 0.29) is 6.04 Å². The lowest BCUT2D eigenvalue weighted by Gasteiger charge is -2.11. The molecule has 0 aliphatic heterocycles. The van der Waals surface area contributed by atoms with Gasteiger partial charge in [0.1, 0.15) is 4.34 Å². The summed E-state index contributed by atoms with van der Waals surface area (Å²) in [6, 6.07) is 8.00. The molecule has 0 saturated carbocycles. The van der Waals surface area contributed by atoms with Crippen molar-refractivity contribution in [2.24, 2.45) is 5.73 Å². The molecule has 0 bridgehead atoms. The van der Waals surface area contributed by atoms with Crippen molar-refractivity contribution in [3.05, 3.63) is 53.6 Å². The Morgan fingerprint density at radius 1 is 1.24 bits per heavy atom. The van der Waals surface area contributed by atoms with Gasteiger partial charge in [0.2, 0.25) is 0 Å². The first-order valence-electron chi connectivity index (χ1n) is 4.95. The van der Waals surface area contributed by atoms with Gasteiger partial charge in [-0.2, -0.15) is 0 Å². The molecule has 0 spiro atoms. The van der Waals surface area contributed by atoms with Gasteiger partial charge in [-0.3, -0.25) is 0 Å². The highest BCUT2D eigenvalue weighted by Crippen LogP contribution is 2.36. The molecule has 0 radical (unpaired) electrons. The van der Waals surface area contributed by atoms with Crippen molar-refractivity contribution in [1.29, 1.82) is 0 Å². The van der Waals surface area contributed by atoms with Crippen LogP contribution in [0.1, 0.15) is 22.0 Å². The van der Waals surface area contributed by atoms with Crippen molar-refractivity contribution in [2.45, 2.75) is 13.0 Å². The third-order valence-corrected chi connectivity index (χ3v) is 5.96. The van der Waals surface area contributed by atoms with E-state index in [1.165, 1.54) is 16.9 Å². The number of halogens is 3. The van der Waals surface area contributed by atoms with Gasteiger partial charge < -0.3 is 5.73 Å². The van der Waals surface area contributed by atoms with Crippen molar-refractivity contribution in [2.75, 3.05) is 0 Å². The number of aryl methyl sites for hydroxylation is 1. The summed E-state index contributed by atoms with van der Waals surface area (Å²) in [7, 11) is 0. The number of hydrogen-bond acceptors (Lipinski definition) is 2. The van der Waals surface area contributed by atoms with Gasteiger partial charge in [-0.15, -0.1) is 11.3 Å². The average Bonchev–Trinajstić information content (AvgIpc) is 2.62. The van der Waals surface area contributed by atoms with Gasteiger partial charge in [-0.1, -0.05) is 39.7 Å². The molecule has 0 aliphatic carbocycles. The first-order chi connectivity index (χ1) is 7.99. The van der Waals surface area contributed by atoms with Crippen molar-refractivity contribution in [3.63, 3.8) is 0 Å². The van der Waals surface area contributed by atoms with Crippen molar-refractivity contribution < 1.29 is 0 Å². The van der Waals surface area contributed by atoms with Gasteiger partial charge >= 0.3 is 0 Å². The molecule has 5 heteroatoms. The van der Waals surface area contributed by atoms with Crippen LogP contribution >= 0.6 is 54.8 Å². The Morgan fingerprint density at radius 2 is 1.94 bits per heavy atom. The smallest absolute Gasteiger partial charge is 0.107 e. The molecule has 2 N–H and O–H groups in total. The summed E-state index contributed by atoms with van der Waals surface area (Å²) in [6.45, 7) is 2.05. The number of hydrogen-bond donors (Lipinski definition) is 1. The van der Waals surface area contributed by atoms with Crippen LogP contribution in [-0.4, -0.2) is 0 Å². The molecular formula is C12H10Br2ClNS. The second-order valence-corrected chi connectivity index (χ2v) is 7.15. The zero-order chi connectivity index (χ0) is 12.6. The van der Waals surface area contributed by atoms with Crippen LogP contribution in [0.3, 0.4) is 0 Å². The van der Waals surface area contributed by atoms with Gasteiger partial charge in [0.15, 0.2) is 0 Å². The fourth-order valence-electron chi connectivity index (χ4n) is 1.54. The molecule has 1 aromatic heterocycles. The van der Waals surface area contributed by atoms with E-state index in [1.54, 1.807) is 0 Å². The summed E-state index contributed by atoms with van der Waals surface area (Å²) in [4.78, 5) is 1.06. The van der Waals surface area contributed by atoms with E-state index < -0.39 is 0 Å². The first kappa shape index (κ1) is 13.6. The zero-order valence-electron chi connectivity index (χ0n) is 9.01. The molecular weight excluding hydrogens is 385 g/mol. The topological polar surface area (TPSA) is 26.0 Å².